The highest BCUT2D eigenvalue weighted by molar-refractivity contribution is 6.33. The van der Waals surface area contributed by atoms with Crippen LogP contribution in [0.4, 0.5) is 0 Å². The molecule has 1 rings (SSSR count). The van der Waals surface area contributed by atoms with Crippen LogP contribution in [0.25, 0.3) is 0 Å². The topological polar surface area (TPSA) is 72.5 Å². The van der Waals surface area contributed by atoms with Crippen molar-refractivity contribution in [1.82, 2.24) is 0 Å². The van der Waals surface area contributed by atoms with Crippen molar-refractivity contribution in [2.75, 3.05) is 13.7 Å². The predicted molar refractivity (Wildman–Crippen MR) is 61.4 cm³/mol. The Morgan fingerprint density at radius 1 is 1.62 bits per heavy atom. The van der Waals surface area contributed by atoms with E-state index >= 15 is 0 Å². The minimum atomic E-state index is -0.658. The summed E-state index contributed by atoms with van der Waals surface area (Å²) in [5, 5.41) is 9.94. The van der Waals surface area contributed by atoms with E-state index in [2.05, 4.69) is 4.74 Å². The fraction of sp³-hybridized carbons (Fsp3) is 0.364. The molecule has 0 amide bonds. The highest BCUT2D eigenvalue weighted by atomic mass is 35.5. The quantitative estimate of drug-likeness (QED) is 0.787. The van der Waals surface area contributed by atoms with Gasteiger partial charge >= 0.3 is 5.97 Å². The number of esters is 1. The Morgan fingerprint density at radius 2 is 2.31 bits per heavy atom. The Kier molecular flexibility index (Phi) is 4.73. The summed E-state index contributed by atoms with van der Waals surface area (Å²) in [6, 6.07) is 4.72. The lowest BCUT2D eigenvalue weighted by molar-refractivity contribution is 0.0600. The molecule has 16 heavy (non-hydrogen) atoms. The summed E-state index contributed by atoms with van der Waals surface area (Å²) in [5.74, 6) is -0.495. The number of ether oxygens (including phenoxy) is 1. The van der Waals surface area contributed by atoms with Gasteiger partial charge in [-0.15, -0.1) is 0 Å². The van der Waals surface area contributed by atoms with Crippen molar-refractivity contribution in [3.8, 4) is 0 Å². The van der Waals surface area contributed by atoms with Gasteiger partial charge in [-0.1, -0.05) is 17.7 Å². The van der Waals surface area contributed by atoms with Crippen LogP contribution in [-0.4, -0.2) is 24.7 Å². The smallest absolute Gasteiger partial charge is 0.339 e. The first-order valence-electron chi connectivity index (χ1n) is 4.86. The number of rotatable bonds is 4. The van der Waals surface area contributed by atoms with Gasteiger partial charge < -0.3 is 15.6 Å². The normalized spacial score (nSPS) is 12.2. The molecular weight excluding hydrogens is 230 g/mol. The van der Waals surface area contributed by atoms with Crippen LogP contribution in [0.15, 0.2) is 18.2 Å². The molecule has 0 saturated heterocycles. The third-order valence-corrected chi connectivity index (χ3v) is 2.54. The minimum absolute atomic E-state index is 0.264. The first-order chi connectivity index (χ1) is 7.60. The monoisotopic (exact) mass is 243 g/mol. The van der Waals surface area contributed by atoms with Gasteiger partial charge in [0.2, 0.25) is 0 Å². The fourth-order valence-electron chi connectivity index (χ4n) is 1.34. The lowest BCUT2D eigenvalue weighted by Crippen LogP contribution is -2.08. The van der Waals surface area contributed by atoms with Crippen molar-refractivity contribution in [3.05, 3.63) is 34.3 Å². The van der Waals surface area contributed by atoms with Crippen LogP contribution >= 0.6 is 11.6 Å². The van der Waals surface area contributed by atoms with E-state index in [-0.39, 0.29) is 10.6 Å². The molecule has 1 aromatic carbocycles. The summed E-state index contributed by atoms with van der Waals surface area (Å²) in [5.41, 5.74) is 6.26. The van der Waals surface area contributed by atoms with E-state index < -0.39 is 12.1 Å². The summed E-state index contributed by atoms with van der Waals surface area (Å²) in [4.78, 5) is 11.3. The van der Waals surface area contributed by atoms with Gasteiger partial charge in [-0.3, -0.25) is 0 Å². The second-order valence-corrected chi connectivity index (χ2v) is 3.73. The van der Waals surface area contributed by atoms with Crippen molar-refractivity contribution >= 4 is 17.6 Å². The zero-order chi connectivity index (χ0) is 12.1. The number of nitrogens with two attached hydrogens (primary N) is 1. The summed E-state index contributed by atoms with van der Waals surface area (Å²) < 4.78 is 4.56. The predicted octanol–water partition coefficient (Wildman–Crippen LogP) is 1.51. The van der Waals surface area contributed by atoms with E-state index in [1.165, 1.54) is 13.2 Å². The molecule has 0 aliphatic rings. The van der Waals surface area contributed by atoms with E-state index in [0.717, 1.165) is 0 Å². The number of aliphatic hydroxyl groups excluding tert-OH is 1. The summed E-state index contributed by atoms with van der Waals surface area (Å²) >= 11 is 5.90. The molecule has 0 unspecified atom stereocenters. The maximum atomic E-state index is 11.3. The van der Waals surface area contributed by atoms with Crippen molar-refractivity contribution in [3.63, 3.8) is 0 Å². The van der Waals surface area contributed by atoms with Crippen LogP contribution in [-0.2, 0) is 4.74 Å². The van der Waals surface area contributed by atoms with Gasteiger partial charge in [0.15, 0.2) is 0 Å². The van der Waals surface area contributed by atoms with Gasteiger partial charge in [-0.05, 0) is 30.7 Å². The van der Waals surface area contributed by atoms with E-state index in [9.17, 15) is 9.90 Å². The molecule has 1 atom stereocenters. The third kappa shape index (κ3) is 2.95. The van der Waals surface area contributed by atoms with Gasteiger partial charge in [0, 0.05) is 0 Å². The zero-order valence-corrected chi connectivity index (χ0v) is 9.70. The van der Waals surface area contributed by atoms with E-state index in [1.54, 1.807) is 12.1 Å². The number of carbonyl (C=O) groups is 1. The molecule has 5 heteroatoms. The SMILES string of the molecule is COC(=O)c1ccc([C@@H](O)CCN)cc1Cl. The van der Waals surface area contributed by atoms with Crippen molar-refractivity contribution in [2.45, 2.75) is 12.5 Å². The molecule has 0 aliphatic heterocycles. The molecule has 0 aromatic heterocycles. The van der Waals surface area contributed by atoms with Crippen LogP contribution in [0.2, 0.25) is 5.02 Å². The Labute approximate surface area is 99.0 Å². The summed E-state index contributed by atoms with van der Waals surface area (Å²) in [7, 11) is 1.29. The second-order valence-electron chi connectivity index (χ2n) is 3.32. The van der Waals surface area contributed by atoms with E-state index in [4.69, 9.17) is 17.3 Å². The second kappa shape index (κ2) is 5.84. The number of benzene rings is 1. The number of hydrogen-bond donors (Lipinski definition) is 2. The number of carbonyl (C=O) groups excluding carboxylic acids is 1. The van der Waals surface area contributed by atoms with Crippen LogP contribution in [0.3, 0.4) is 0 Å². The van der Waals surface area contributed by atoms with E-state index in [0.29, 0.717) is 18.5 Å². The first kappa shape index (κ1) is 13.0. The Bertz CT molecular complexity index is 381. The summed E-state index contributed by atoms with van der Waals surface area (Å²) in [6.45, 7) is 0.386. The Balaban J connectivity index is 2.94. The van der Waals surface area contributed by atoms with Crippen LogP contribution < -0.4 is 5.73 Å². The van der Waals surface area contributed by atoms with Gasteiger partial charge in [0.1, 0.15) is 0 Å². The molecule has 3 N–H and O–H groups in total. The highest BCUT2D eigenvalue weighted by Gasteiger charge is 2.13. The van der Waals surface area contributed by atoms with Crippen molar-refractivity contribution in [2.24, 2.45) is 5.73 Å². The van der Waals surface area contributed by atoms with Gasteiger partial charge in [0.05, 0.1) is 23.8 Å². The highest BCUT2D eigenvalue weighted by Crippen LogP contribution is 2.23. The molecule has 0 heterocycles. The van der Waals surface area contributed by atoms with Crippen LogP contribution in [0.5, 0.6) is 0 Å². The largest absolute Gasteiger partial charge is 0.465 e. The molecule has 88 valence electrons. The number of halogens is 1. The van der Waals surface area contributed by atoms with Crippen molar-refractivity contribution < 1.29 is 14.6 Å². The molecule has 0 aliphatic carbocycles. The standard InChI is InChI=1S/C11H14ClNO3/c1-16-11(15)8-3-2-7(6-9(8)12)10(14)4-5-13/h2-3,6,10,14H,4-5,13H2,1H3/t10-/m0/s1. The van der Waals surface area contributed by atoms with Crippen LogP contribution in [0.1, 0.15) is 28.4 Å². The maximum Gasteiger partial charge on any atom is 0.339 e. The lowest BCUT2D eigenvalue weighted by atomic mass is 10.0. The molecule has 4 nitrogen and oxygen atoms in total. The molecule has 0 radical (unpaired) electrons. The van der Waals surface area contributed by atoms with Crippen LogP contribution in [0, 0.1) is 0 Å². The molecule has 0 saturated carbocycles. The Hall–Kier alpha value is -1.10. The number of hydrogen-bond acceptors (Lipinski definition) is 4. The average Bonchev–Trinajstić information content (AvgIpc) is 2.28. The molecule has 0 bridgehead atoms. The lowest BCUT2D eigenvalue weighted by Gasteiger charge is -2.11. The maximum absolute atomic E-state index is 11.3. The zero-order valence-electron chi connectivity index (χ0n) is 8.94. The first-order valence-corrected chi connectivity index (χ1v) is 5.23. The number of aliphatic hydroxyl groups is 1. The van der Waals surface area contributed by atoms with Gasteiger partial charge in [-0.2, -0.15) is 0 Å². The fourth-order valence-corrected chi connectivity index (χ4v) is 1.60. The van der Waals surface area contributed by atoms with Gasteiger partial charge in [-0.25, -0.2) is 4.79 Å². The average molecular weight is 244 g/mol. The molecular formula is C11H14ClNO3. The number of methoxy groups -OCH3 is 1. The molecule has 0 spiro atoms. The minimum Gasteiger partial charge on any atom is -0.465 e. The Morgan fingerprint density at radius 3 is 2.81 bits per heavy atom. The summed E-state index contributed by atoms with van der Waals surface area (Å²) in [6.07, 6.45) is -0.206. The van der Waals surface area contributed by atoms with Crippen molar-refractivity contribution in [1.29, 1.82) is 0 Å². The molecule has 1 aromatic rings. The van der Waals surface area contributed by atoms with E-state index in [1.807, 2.05) is 0 Å². The third-order valence-electron chi connectivity index (χ3n) is 2.22. The van der Waals surface area contributed by atoms with Gasteiger partial charge in [0.25, 0.3) is 0 Å². The molecule has 0 fully saturated rings.